The lowest BCUT2D eigenvalue weighted by molar-refractivity contribution is -0.126. The van der Waals surface area contributed by atoms with Gasteiger partial charge in [-0.05, 0) is 49.3 Å². The zero-order valence-corrected chi connectivity index (χ0v) is 17.0. The van der Waals surface area contributed by atoms with Crippen molar-refractivity contribution in [3.8, 4) is 0 Å². The maximum atomic E-state index is 12.9. The van der Waals surface area contributed by atoms with E-state index >= 15 is 0 Å². The predicted molar refractivity (Wildman–Crippen MR) is 104 cm³/mol. The number of ether oxygens (including phenoxy) is 1. The summed E-state index contributed by atoms with van der Waals surface area (Å²) in [7, 11) is -3.50. The molecule has 27 heavy (non-hydrogen) atoms. The van der Waals surface area contributed by atoms with Gasteiger partial charge in [-0.1, -0.05) is 26.0 Å². The molecule has 1 amide bonds. The minimum Gasteiger partial charge on any atom is -0.376 e. The Morgan fingerprint density at radius 1 is 1.19 bits per heavy atom. The smallest absolute Gasteiger partial charge is 0.243 e. The minimum atomic E-state index is -3.50. The van der Waals surface area contributed by atoms with Crippen molar-refractivity contribution in [3.63, 3.8) is 0 Å². The molecule has 0 aromatic heterocycles. The molecule has 0 bridgehead atoms. The first-order chi connectivity index (χ1) is 12.9. The zero-order chi connectivity index (χ0) is 19.4. The van der Waals surface area contributed by atoms with E-state index in [9.17, 15) is 13.2 Å². The highest BCUT2D eigenvalue weighted by molar-refractivity contribution is 7.89. The van der Waals surface area contributed by atoms with Crippen LogP contribution in [0.2, 0.25) is 0 Å². The summed E-state index contributed by atoms with van der Waals surface area (Å²) in [6.07, 6.45) is 3.28. The van der Waals surface area contributed by atoms with Crippen molar-refractivity contribution in [2.75, 3.05) is 26.2 Å². The molecule has 0 saturated carbocycles. The SMILES string of the molecule is CC(C)c1ccc(S(=O)(=O)N2CCC(C(=O)NCC3CCCO3)CC2)cc1. The molecule has 2 heterocycles. The minimum absolute atomic E-state index is 0.0174. The second kappa shape index (κ2) is 8.71. The number of nitrogens with zero attached hydrogens (tertiary/aromatic N) is 1. The van der Waals surface area contributed by atoms with Crippen LogP contribution in [0.15, 0.2) is 29.2 Å². The van der Waals surface area contributed by atoms with Gasteiger partial charge in [0, 0.05) is 32.2 Å². The molecule has 2 fully saturated rings. The number of benzene rings is 1. The normalized spacial score (nSPS) is 22.3. The summed E-state index contributed by atoms with van der Waals surface area (Å²) in [5, 5.41) is 2.96. The molecule has 1 atom stereocenters. The number of amides is 1. The largest absolute Gasteiger partial charge is 0.376 e. The highest BCUT2D eigenvalue weighted by Crippen LogP contribution is 2.25. The molecule has 150 valence electrons. The van der Waals surface area contributed by atoms with Crippen LogP contribution in [0.3, 0.4) is 0 Å². The van der Waals surface area contributed by atoms with Crippen LogP contribution in [0.1, 0.15) is 51.0 Å². The quantitative estimate of drug-likeness (QED) is 0.804. The fourth-order valence-electron chi connectivity index (χ4n) is 3.70. The average molecular weight is 395 g/mol. The Morgan fingerprint density at radius 2 is 1.85 bits per heavy atom. The van der Waals surface area contributed by atoms with Gasteiger partial charge in [0.2, 0.25) is 15.9 Å². The molecular formula is C20H30N2O4S. The fourth-order valence-corrected chi connectivity index (χ4v) is 5.17. The first-order valence-electron chi connectivity index (χ1n) is 9.87. The van der Waals surface area contributed by atoms with Crippen LogP contribution in [-0.2, 0) is 19.6 Å². The van der Waals surface area contributed by atoms with E-state index in [1.54, 1.807) is 12.1 Å². The molecule has 1 aromatic carbocycles. The molecule has 0 spiro atoms. The molecule has 2 aliphatic rings. The van der Waals surface area contributed by atoms with Crippen molar-refractivity contribution in [2.24, 2.45) is 5.92 Å². The summed E-state index contributed by atoms with van der Waals surface area (Å²) < 4.78 is 32.7. The van der Waals surface area contributed by atoms with Crippen molar-refractivity contribution >= 4 is 15.9 Å². The van der Waals surface area contributed by atoms with Crippen molar-refractivity contribution in [2.45, 2.75) is 56.4 Å². The fraction of sp³-hybridized carbons (Fsp3) is 0.650. The van der Waals surface area contributed by atoms with E-state index in [4.69, 9.17) is 4.74 Å². The first kappa shape index (κ1) is 20.3. The average Bonchev–Trinajstić information content (AvgIpc) is 3.20. The van der Waals surface area contributed by atoms with Gasteiger partial charge in [0.25, 0.3) is 0 Å². The summed E-state index contributed by atoms with van der Waals surface area (Å²) in [6.45, 7) is 6.25. The van der Waals surface area contributed by atoms with Gasteiger partial charge in [-0.15, -0.1) is 0 Å². The van der Waals surface area contributed by atoms with Crippen LogP contribution in [0.4, 0.5) is 0 Å². The summed E-state index contributed by atoms with van der Waals surface area (Å²) in [6, 6.07) is 7.13. The lowest BCUT2D eigenvalue weighted by Crippen LogP contribution is -2.44. The third kappa shape index (κ3) is 4.89. The number of nitrogens with one attached hydrogen (secondary N) is 1. The van der Waals surface area contributed by atoms with Gasteiger partial charge in [0.05, 0.1) is 11.0 Å². The molecule has 2 aliphatic heterocycles. The highest BCUT2D eigenvalue weighted by atomic mass is 32.2. The van der Waals surface area contributed by atoms with Gasteiger partial charge in [0.1, 0.15) is 0 Å². The Kier molecular flexibility index (Phi) is 6.55. The van der Waals surface area contributed by atoms with Crippen LogP contribution in [0.25, 0.3) is 0 Å². The van der Waals surface area contributed by atoms with E-state index in [-0.39, 0.29) is 17.9 Å². The van der Waals surface area contributed by atoms with Gasteiger partial charge in [-0.3, -0.25) is 4.79 Å². The second-order valence-corrected chi connectivity index (χ2v) is 9.72. The monoisotopic (exact) mass is 394 g/mol. The van der Waals surface area contributed by atoms with E-state index in [2.05, 4.69) is 19.2 Å². The van der Waals surface area contributed by atoms with Crippen LogP contribution in [0, 0.1) is 5.92 Å². The maximum Gasteiger partial charge on any atom is 0.243 e. The van der Waals surface area contributed by atoms with E-state index in [0.717, 1.165) is 25.0 Å². The van der Waals surface area contributed by atoms with Crippen molar-refractivity contribution in [1.29, 1.82) is 0 Å². The van der Waals surface area contributed by atoms with Gasteiger partial charge in [-0.2, -0.15) is 4.31 Å². The van der Waals surface area contributed by atoms with E-state index in [1.807, 2.05) is 12.1 Å². The number of carbonyl (C=O) groups is 1. The summed E-state index contributed by atoms with van der Waals surface area (Å²) >= 11 is 0. The Balaban J connectivity index is 1.53. The predicted octanol–water partition coefficient (Wildman–Crippen LogP) is 2.51. The first-order valence-corrected chi connectivity index (χ1v) is 11.3. The van der Waals surface area contributed by atoms with Crippen molar-refractivity contribution in [3.05, 3.63) is 29.8 Å². The third-order valence-electron chi connectivity index (χ3n) is 5.54. The molecule has 1 aromatic rings. The lowest BCUT2D eigenvalue weighted by atomic mass is 9.97. The number of piperidine rings is 1. The Hall–Kier alpha value is -1.44. The van der Waals surface area contributed by atoms with Crippen LogP contribution in [0.5, 0.6) is 0 Å². The van der Waals surface area contributed by atoms with E-state index in [1.165, 1.54) is 4.31 Å². The summed E-state index contributed by atoms with van der Waals surface area (Å²) in [5.41, 5.74) is 1.12. The Morgan fingerprint density at radius 3 is 2.41 bits per heavy atom. The molecule has 2 saturated heterocycles. The van der Waals surface area contributed by atoms with Gasteiger partial charge in [-0.25, -0.2) is 8.42 Å². The number of sulfonamides is 1. The molecule has 3 rings (SSSR count). The molecular weight excluding hydrogens is 364 g/mol. The van der Waals surface area contributed by atoms with Crippen molar-refractivity contribution in [1.82, 2.24) is 9.62 Å². The van der Waals surface area contributed by atoms with Crippen LogP contribution < -0.4 is 5.32 Å². The van der Waals surface area contributed by atoms with Gasteiger partial charge >= 0.3 is 0 Å². The molecule has 1 N–H and O–H groups in total. The van der Waals surface area contributed by atoms with Crippen LogP contribution in [-0.4, -0.2) is 51.0 Å². The number of hydrogen-bond donors (Lipinski definition) is 1. The third-order valence-corrected chi connectivity index (χ3v) is 7.45. The topological polar surface area (TPSA) is 75.7 Å². The Bertz CT molecular complexity index is 732. The zero-order valence-electron chi connectivity index (χ0n) is 16.2. The van der Waals surface area contributed by atoms with Crippen molar-refractivity contribution < 1.29 is 17.9 Å². The van der Waals surface area contributed by atoms with Gasteiger partial charge < -0.3 is 10.1 Å². The second-order valence-electron chi connectivity index (χ2n) is 7.78. The molecule has 7 heteroatoms. The molecule has 0 radical (unpaired) electrons. The number of hydrogen-bond acceptors (Lipinski definition) is 4. The number of rotatable bonds is 6. The van der Waals surface area contributed by atoms with Crippen LogP contribution >= 0.6 is 0 Å². The summed E-state index contributed by atoms with van der Waals surface area (Å²) in [4.78, 5) is 12.7. The maximum absolute atomic E-state index is 12.9. The lowest BCUT2D eigenvalue weighted by Gasteiger charge is -2.30. The van der Waals surface area contributed by atoms with Gasteiger partial charge in [0.15, 0.2) is 0 Å². The standard InChI is InChI=1S/C20H30N2O4S/c1-15(2)16-5-7-19(8-6-16)27(24,25)22-11-9-17(10-12-22)20(23)21-14-18-4-3-13-26-18/h5-8,15,17-18H,3-4,9-14H2,1-2H3,(H,21,23). The highest BCUT2D eigenvalue weighted by Gasteiger charge is 2.32. The summed E-state index contributed by atoms with van der Waals surface area (Å²) in [5.74, 6) is 0.260. The molecule has 6 nitrogen and oxygen atoms in total. The van der Waals surface area contributed by atoms with E-state index < -0.39 is 10.0 Å². The Labute approximate surface area is 162 Å². The molecule has 1 unspecified atom stereocenters. The number of carbonyl (C=O) groups excluding carboxylic acids is 1. The van der Waals surface area contributed by atoms with E-state index in [0.29, 0.717) is 43.3 Å². The molecule has 0 aliphatic carbocycles.